The molecule has 6 heteroatoms. The second-order valence-electron chi connectivity index (χ2n) is 9.56. The largest absolute Gasteiger partial charge is 0.491 e. The second-order valence-corrected chi connectivity index (χ2v) is 9.56. The van der Waals surface area contributed by atoms with Gasteiger partial charge in [0.1, 0.15) is 17.6 Å². The van der Waals surface area contributed by atoms with E-state index >= 15 is 0 Å². The zero-order valence-corrected chi connectivity index (χ0v) is 18.5. The highest BCUT2D eigenvalue weighted by Crippen LogP contribution is 2.53. The number of pyridine rings is 1. The van der Waals surface area contributed by atoms with Gasteiger partial charge in [-0.2, -0.15) is 5.26 Å². The molecule has 0 saturated heterocycles. The maximum atomic E-state index is 14.7. The Hall–Kier alpha value is -3.20. The third kappa shape index (κ3) is 3.38. The molecule has 0 radical (unpaired) electrons. The molecule has 5 nitrogen and oxygen atoms in total. The number of halogens is 1. The summed E-state index contributed by atoms with van der Waals surface area (Å²) < 4.78 is 20.6. The molecule has 0 bridgehead atoms. The fourth-order valence-corrected chi connectivity index (χ4v) is 4.90. The summed E-state index contributed by atoms with van der Waals surface area (Å²) in [6, 6.07) is 9.48. The highest BCUT2D eigenvalue weighted by atomic mass is 19.1. The van der Waals surface area contributed by atoms with Crippen molar-refractivity contribution in [2.45, 2.75) is 59.0 Å². The van der Waals surface area contributed by atoms with Gasteiger partial charge in [-0.05, 0) is 50.3 Å². The monoisotopic (exact) mass is 419 g/mol. The normalized spacial score (nSPS) is 21.8. The third-order valence-electron chi connectivity index (χ3n) is 6.07. The van der Waals surface area contributed by atoms with Crippen LogP contribution < -0.4 is 10.1 Å². The van der Waals surface area contributed by atoms with E-state index in [0.29, 0.717) is 35.5 Å². The van der Waals surface area contributed by atoms with Crippen molar-refractivity contribution in [3.8, 4) is 11.8 Å². The van der Waals surface area contributed by atoms with Crippen molar-refractivity contribution in [3.63, 3.8) is 0 Å². The fraction of sp³-hybridized carbons (Fsp3) is 0.400. The van der Waals surface area contributed by atoms with Gasteiger partial charge < -0.3 is 10.1 Å². The molecular formula is C25H26FN3O2. The second kappa shape index (κ2) is 7.19. The number of carbonyl (C=O) groups is 1. The molecule has 2 heterocycles. The number of Topliss-reactive ketones (excluding diaryl/α,β-unsaturated/α-hetero) is 1. The molecule has 31 heavy (non-hydrogen) atoms. The van der Waals surface area contributed by atoms with Crippen molar-refractivity contribution in [1.82, 2.24) is 4.98 Å². The van der Waals surface area contributed by atoms with Crippen LogP contribution in [0.3, 0.4) is 0 Å². The summed E-state index contributed by atoms with van der Waals surface area (Å²) in [7, 11) is 0. The Morgan fingerprint density at radius 3 is 2.68 bits per heavy atom. The molecule has 0 unspecified atom stereocenters. The Morgan fingerprint density at radius 2 is 2.00 bits per heavy atom. The fourth-order valence-electron chi connectivity index (χ4n) is 4.90. The van der Waals surface area contributed by atoms with E-state index in [0.717, 1.165) is 17.5 Å². The Kier molecular flexibility index (Phi) is 4.88. The first-order chi connectivity index (χ1) is 14.6. The van der Waals surface area contributed by atoms with Crippen LogP contribution in [0.4, 0.5) is 10.2 Å². The predicted molar refractivity (Wildman–Crippen MR) is 116 cm³/mol. The molecule has 160 valence electrons. The summed E-state index contributed by atoms with van der Waals surface area (Å²) in [5.74, 6) is 0.369. The van der Waals surface area contributed by atoms with E-state index in [2.05, 4.69) is 24.1 Å². The number of anilines is 1. The molecule has 0 fully saturated rings. The number of nitrogens with one attached hydrogen (secondary N) is 1. The highest BCUT2D eigenvalue weighted by Gasteiger charge is 2.49. The number of nitriles is 1. The lowest BCUT2D eigenvalue weighted by molar-refractivity contribution is -0.118. The molecular weight excluding hydrogens is 393 g/mol. The Morgan fingerprint density at radius 1 is 1.26 bits per heavy atom. The van der Waals surface area contributed by atoms with E-state index in [1.807, 2.05) is 51.1 Å². The standard InChI is InChI=1S/C25H26FN3O2/c1-14(2)31-16-8-6-7-15(9-16)25(5)21-17(12-27)18(26)13-28-23(21)29-19-10-24(3,4)11-20(30)22(19)25/h6-9,13-14H,10-11H2,1-5H3,(H,28,29)/t25-/m0/s1. The quantitative estimate of drug-likeness (QED) is 0.735. The van der Waals surface area contributed by atoms with Gasteiger partial charge in [-0.25, -0.2) is 9.37 Å². The van der Waals surface area contributed by atoms with Gasteiger partial charge in [0.25, 0.3) is 0 Å². The summed E-state index contributed by atoms with van der Waals surface area (Å²) in [4.78, 5) is 17.7. The number of rotatable bonds is 3. The number of allylic oxidation sites excluding steroid dienone is 2. The van der Waals surface area contributed by atoms with E-state index in [1.165, 1.54) is 0 Å². The zero-order chi connectivity index (χ0) is 22.6. The number of ether oxygens (including phenoxy) is 1. The van der Waals surface area contributed by atoms with Crippen LogP contribution in [0.25, 0.3) is 0 Å². The van der Waals surface area contributed by atoms with Crippen molar-refractivity contribution in [1.29, 1.82) is 5.26 Å². The summed E-state index contributed by atoms with van der Waals surface area (Å²) in [6.07, 6.45) is 2.08. The number of hydrogen-bond donors (Lipinski definition) is 1. The highest BCUT2D eigenvalue weighted by molar-refractivity contribution is 6.03. The van der Waals surface area contributed by atoms with Crippen LogP contribution in [-0.2, 0) is 10.2 Å². The minimum Gasteiger partial charge on any atom is -0.491 e. The predicted octanol–water partition coefficient (Wildman–Crippen LogP) is 5.25. The number of fused-ring (bicyclic) bond motifs is 1. The Balaban J connectivity index is 2.04. The van der Waals surface area contributed by atoms with Crippen molar-refractivity contribution in [3.05, 3.63) is 64.2 Å². The molecule has 0 saturated carbocycles. The maximum Gasteiger partial charge on any atom is 0.162 e. The lowest BCUT2D eigenvalue weighted by Gasteiger charge is -2.44. The van der Waals surface area contributed by atoms with Gasteiger partial charge in [0, 0.05) is 23.3 Å². The van der Waals surface area contributed by atoms with Gasteiger partial charge in [0.2, 0.25) is 0 Å². The van der Waals surface area contributed by atoms with Gasteiger partial charge in [-0.3, -0.25) is 4.79 Å². The van der Waals surface area contributed by atoms with Crippen LogP contribution in [0.5, 0.6) is 5.75 Å². The molecule has 1 atom stereocenters. The van der Waals surface area contributed by atoms with Crippen molar-refractivity contribution in [2.75, 3.05) is 5.32 Å². The first-order valence-corrected chi connectivity index (χ1v) is 10.5. The van der Waals surface area contributed by atoms with Crippen molar-refractivity contribution in [2.24, 2.45) is 5.41 Å². The minimum absolute atomic E-state index is 0.00441. The topological polar surface area (TPSA) is 75.0 Å². The zero-order valence-electron chi connectivity index (χ0n) is 18.5. The van der Waals surface area contributed by atoms with Gasteiger partial charge >= 0.3 is 0 Å². The average Bonchev–Trinajstić information content (AvgIpc) is 2.66. The van der Waals surface area contributed by atoms with Crippen molar-refractivity contribution >= 4 is 11.6 Å². The van der Waals surface area contributed by atoms with Gasteiger partial charge in [-0.15, -0.1) is 0 Å². The van der Waals surface area contributed by atoms with E-state index in [-0.39, 0.29) is 22.9 Å². The first-order valence-electron chi connectivity index (χ1n) is 10.5. The molecule has 0 spiro atoms. The van der Waals surface area contributed by atoms with Crippen LogP contribution in [0.2, 0.25) is 0 Å². The summed E-state index contributed by atoms with van der Waals surface area (Å²) in [6.45, 7) is 9.87. The van der Waals surface area contributed by atoms with E-state index < -0.39 is 11.2 Å². The maximum absolute atomic E-state index is 14.7. The molecule has 1 aromatic heterocycles. The molecule has 0 amide bonds. The molecule has 1 aliphatic heterocycles. The lowest BCUT2D eigenvalue weighted by atomic mass is 9.61. The van der Waals surface area contributed by atoms with Crippen LogP contribution in [0.15, 0.2) is 41.7 Å². The van der Waals surface area contributed by atoms with Crippen LogP contribution in [-0.4, -0.2) is 16.9 Å². The number of aromatic nitrogens is 1. The van der Waals surface area contributed by atoms with Crippen molar-refractivity contribution < 1.29 is 13.9 Å². The molecule has 2 aromatic rings. The van der Waals surface area contributed by atoms with Gasteiger partial charge in [-0.1, -0.05) is 26.0 Å². The number of hydrogen-bond acceptors (Lipinski definition) is 5. The molecule has 2 aliphatic rings. The van der Waals surface area contributed by atoms with Crippen LogP contribution in [0, 0.1) is 22.6 Å². The Labute approximate surface area is 181 Å². The van der Waals surface area contributed by atoms with Gasteiger partial charge in [0.15, 0.2) is 11.6 Å². The molecule has 1 aliphatic carbocycles. The van der Waals surface area contributed by atoms with E-state index in [1.54, 1.807) is 0 Å². The van der Waals surface area contributed by atoms with E-state index in [9.17, 15) is 14.4 Å². The average molecular weight is 420 g/mol. The molecule has 1 N–H and O–H groups in total. The number of benzene rings is 1. The van der Waals surface area contributed by atoms with E-state index in [4.69, 9.17) is 4.74 Å². The third-order valence-corrected chi connectivity index (χ3v) is 6.07. The summed E-state index contributed by atoms with van der Waals surface area (Å²) in [5, 5.41) is 13.1. The van der Waals surface area contributed by atoms with Gasteiger partial charge in [0.05, 0.1) is 23.3 Å². The molecule has 4 rings (SSSR count). The first kappa shape index (κ1) is 21.0. The van der Waals surface area contributed by atoms with Crippen LogP contribution >= 0.6 is 0 Å². The summed E-state index contributed by atoms with van der Waals surface area (Å²) in [5.41, 5.74) is 1.17. The van der Waals surface area contributed by atoms with Crippen LogP contribution in [0.1, 0.15) is 64.2 Å². The minimum atomic E-state index is -1.04. The number of nitrogens with zero attached hydrogens (tertiary/aromatic N) is 2. The lowest BCUT2D eigenvalue weighted by Crippen LogP contribution is -2.43. The SMILES string of the molecule is CC(C)Oc1cccc([C@]2(C)C3=C(CC(C)(C)CC3=O)Nc3ncc(F)c(C#N)c32)c1. The number of carbonyl (C=O) groups excluding carboxylic acids is 1. The molecule has 1 aromatic carbocycles. The smallest absolute Gasteiger partial charge is 0.162 e. The Bertz CT molecular complexity index is 1160. The summed E-state index contributed by atoms with van der Waals surface area (Å²) >= 11 is 0. The number of ketones is 1.